The van der Waals surface area contributed by atoms with Gasteiger partial charge in [0.25, 0.3) is 0 Å². The van der Waals surface area contributed by atoms with E-state index in [0.29, 0.717) is 0 Å². The van der Waals surface area contributed by atoms with Crippen LogP contribution in [0.1, 0.15) is 0 Å². The molecule has 4 heterocycles. The quantitative estimate of drug-likeness (QED) is 0.201. The molecule has 0 spiro atoms. The molecule has 0 aliphatic carbocycles. The van der Waals surface area contributed by atoms with E-state index in [0.717, 1.165) is 45.3 Å². The van der Waals surface area contributed by atoms with Crippen LogP contribution in [0.3, 0.4) is 0 Å². The second-order valence-corrected chi connectivity index (χ2v) is 13.2. The van der Waals surface area contributed by atoms with E-state index in [1.54, 1.807) is 22.7 Å². The Labute approximate surface area is 262 Å². The second-order valence-electron chi connectivity index (χ2n) is 11.3. The van der Waals surface area contributed by atoms with Crippen molar-refractivity contribution in [1.29, 1.82) is 0 Å². The maximum atomic E-state index is 6.51. The maximum Gasteiger partial charge on any atom is 0.135 e. The Kier molecular flexibility index (Phi) is 5.06. The van der Waals surface area contributed by atoms with Crippen LogP contribution in [0.2, 0.25) is 0 Å². The minimum atomic E-state index is 0.888. The van der Waals surface area contributed by atoms with Gasteiger partial charge in [0, 0.05) is 31.7 Å². The smallest absolute Gasteiger partial charge is 0.135 e. The van der Waals surface area contributed by atoms with Crippen molar-refractivity contribution in [3.8, 4) is 77.3 Å². The fourth-order valence-electron chi connectivity index (χ4n) is 6.91. The van der Waals surface area contributed by atoms with Gasteiger partial charge in [0.1, 0.15) is 23.0 Å². The lowest BCUT2D eigenvalue weighted by Gasteiger charge is -2.24. The van der Waals surface area contributed by atoms with Crippen molar-refractivity contribution in [3.63, 3.8) is 0 Å². The largest absolute Gasteiger partial charge is 0.456 e. The summed E-state index contributed by atoms with van der Waals surface area (Å²) in [5.74, 6) is 3.60. The van der Waals surface area contributed by atoms with Gasteiger partial charge in [0.05, 0.1) is 0 Å². The average molecular weight is 599 g/mol. The third-order valence-electron chi connectivity index (χ3n) is 8.89. The molecule has 2 nitrogen and oxygen atoms in total. The predicted octanol–water partition coefficient (Wildman–Crippen LogP) is 12.7. The summed E-state index contributed by atoms with van der Waals surface area (Å²) in [5.41, 5.74) is 9.44. The summed E-state index contributed by atoms with van der Waals surface area (Å²) in [4.78, 5) is 2.53. The molecule has 10 rings (SSSR count). The molecule has 206 valence electrons. The Bertz CT molecular complexity index is 2260. The first-order valence-corrected chi connectivity index (χ1v) is 16.4. The SMILES string of the molecule is c1csc(-c2ccc3c4c(cccc24)Oc2ccc(-c4ccc5c(c4)-c4ccc(-c6cccs6)c6cccc(c46)O5)cc2-3)c1. The zero-order valence-corrected chi connectivity index (χ0v) is 25.0. The van der Waals surface area contributed by atoms with Crippen molar-refractivity contribution in [3.05, 3.63) is 132 Å². The predicted molar refractivity (Wildman–Crippen MR) is 185 cm³/mol. The topological polar surface area (TPSA) is 18.5 Å². The highest BCUT2D eigenvalue weighted by Gasteiger charge is 2.25. The van der Waals surface area contributed by atoms with Crippen LogP contribution in [-0.4, -0.2) is 0 Å². The van der Waals surface area contributed by atoms with Crippen LogP contribution in [-0.2, 0) is 0 Å². The molecule has 0 atom stereocenters. The van der Waals surface area contributed by atoms with Gasteiger partial charge in [-0.25, -0.2) is 0 Å². The molecule has 0 fully saturated rings. The summed E-state index contributed by atoms with van der Waals surface area (Å²) in [6, 6.07) is 43.5. The van der Waals surface area contributed by atoms with Crippen molar-refractivity contribution in [2.24, 2.45) is 0 Å². The van der Waals surface area contributed by atoms with Crippen molar-refractivity contribution in [2.75, 3.05) is 0 Å². The Morgan fingerprint density at radius 2 is 0.841 bits per heavy atom. The number of rotatable bonds is 3. The summed E-state index contributed by atoms with van der Waals surface area (Å²) >= 11 is 3.54. The van der Waals surface area contributed by atoms with E-state index in [-0.39, 0.29) is 0 Å². The minimum absolute atomic E-state index is 0.888. The highest BCUT2D eigenvalue weighted by atomic mass is 32.1. The summed E-state index contributed by atoms with van der Waals surface area (Å²) in [6.07, 6.45) is 0. The summed E-state index contributed by atoms with van der Waals surface area (Å²) in [6.45, 7) is 0. The molecular weight excluding hydrogens is 577 g/mol. The number of benzene rings is 6. The summed E-state index contributed by atoms with van der Waals surface area (Å²) < 4.78 is 13.0. The fraction of sp³-hybridized carbons (Fsp3) is 0. The molecule has 0 saturated carbocycles. The first-order chi connectivity index (χ1) is 21.8. The Hall–Kier alpha value is -5.16. The normalized spacial score (nSPS) is 12.5. The van der Waals surface area contributed by atoms with Crippen LogP contribution in [0.15, 0.2) is 132 Å². The lowest BCUT2D eigenvalue weighted by molar-refractivity contribution is 0.486. The fourth-order valence-corrected chi connectivity index (χ4v) is 8.45. The zero-order chi connectivity index (χ0) is 28.8. The van der Waals surface area contributed by atoms with E-state index in [1.165, 1.54) is 53.6 Å². The number of hydrogen-bond acceptors (Lipinski definition) is 4. The summed E-state index contributed by atoms with van der Waals surface area (Å²) in [5, 5.41) is 9.05. The van der Waals surface area contributed by atoms with Crippen LogP contribution in [0.25, 0.3) is 75.8 Å². The summed E-state index contributed by atoms with van der Waals surface area (Å²) in [7, 11) is 0. The van der Waals surface area contributed by atoms with Crippen LogP contribution in [0.5, 0.6) is 23.0 Å². The van der Waals surface area contributed by atoms with E-state index in [4.69, 9.17) is 9.47 Å². The van der Waals surface area contributed by atoms with Gasteiger partial charge in [-0.1, -0.05) is 72.8 Å². The van der Waals surface area contributed by atoms with Gasteiger partial charge >= 0.3 is 0 Å². The van der Waals surface area contributed by atoms with Gasteiger partial charge in [0.15, 0.2) is 0 Å². The van der Waals surface area contributed by atoms with Gasteiger partial charge in [-0.3, -0.25) is 0 Å². The van der Waals surface area contributed by atoms with Crippen molar-refractivity contribution < 1.29 is 9.47 Å². The maximum absolute atomic E-state index is 6.51. The van der Waals surface area contributed by atoms with E-state index >= 15 is 0 Å². The molecule has 2 aliphatic heterocycles. The molecule has 0 saturated heterocycles. The lowest BCUT2D eigenvalue weighted by atomic mass is 9.88. The van der Waals surface area contributed by atoms with Gasteiger partial charge in [-0.05, 0) is 103 Å². The first kappa shape index (κ1) is 24.3. The average Bonchev–Trinajstić information content (AvgIpc) is 3.81. The molecule has 0 amide bonds. The van der Waals surface area contributed by atoms with Gasteiger partial charge in [-0.15, -0.1) is 22.7 Å². The van der Waals surface area contributed by atoms with Crippen molar-refractivity contribution >= 4 is 44.2 Å². The second kappa shape index (κ2) is 9.17. The molecule has 0 radical (unpaired) electrons. The zero-order valence-electron chi connectivity index (χ0n) is 23.3. The van der Waals surface area contributed by atoms with Gasteiger partial charge in [-0.2, -0.15) is 0 Å². The molecule has 0 N–H and O–H groups in total. The number of thiophene rings is 2. The third-order valence-corrected chi connectivity index (χ3v) is 10.7. The Morgan fingerprint density at radius 3 is 1.30 bits per heavy atom. The monoisotopic (exact) mass is 598 g/mol. The number of fused-ring (bicyclic) bond motifs is 4. The molecular formula is C40H22O2S2. The molecule has 0 unspecified atom stereocenters. The minimum Gasteiger partial charge on any atom is -0.456 e. The van der Waals surface area contributed by atoms with Crippen LogP contribution in [0, 0.1) is 0 Å². The van der Waals surface area contributed by atoms with E-state index < -0.39 is 0 Å². The molecule has 2 aliphatic rings. The van der Waals surface area contributed by atoms with Crippen LogP contribution < -0.4 is 9.47 Å². The van der Waals surface area contributed by atoms with E-state index in [2.05, 4.69) is 132 Å². The highest BCUT2D eigenvalue weighted by Crippen LogP contribution is 2.52. The molecule has 8 aromatic rings. The molecule has 4 heteroatoms. The standard InChI is InChI=1S/C40H22O2S2/c1-5-27-25(37-9-3-19-43-37)13-15-29-31-21-23(11-17-33(31)41-35(7-1)39(27)29)24-12-18-34-32(22-24)30-16-14-26(38-10-4-20-44-38)28-6-2-8-36(42-34)40(28)30/h1-22H. The number of ether oxygens (including phenoxy) is 2. The molecule has 6 aromatic carbocycles. The van der Waals surface area contributed by atoms with Crippen molar-refractivity contribution in [1.82, 2.24) is 0 Å². The Morgan fingerprint density at radius 1 is 0.364 bits per heavy atom. The lowest BCUT2D eigenvalue weighted by Crippen LogP contribution is -1.99. The van der Waals surface area contributed by atoms with Gasteiger partial charge < -0.3 is 9.47 Å². The Balaban J connectivity index is 1.12. The van der Waals surface area contributed by atoms with E-state index in [9.17, 15) is 0 Å². The molecule has 2 aromatic heterocycles. The van der Waals surface area contributed by atoms with Gasteiger partial charge in [0.2, 0.25) is 0 Å². The van der Waals surface area contributed by atoms with Crippen LogP contribution in [0.4, 0.5) is 0 Å². The number of hydrogen-bond donors (Lipinski definition) is 0. The first-order valence-electron chi connectivity index (χ1n) is 14.6. The molecule has 44 heavy (non-hydrogen) atoms. The third kappa shape index (κ3) is 3.47. The van der Waals surface area contributed by atoms with E-state index in [1.807, 2.05) is 0 Å². The van der Waals surface area contributed by atoms with Crippen molar-refractivity contribution in [2.45, 2.75) is 0 Å². The van der Waals surface area contributed by atoms with Crippen LogP contribution >= 0.6 is 22.7 Å². The molecule has 0 bridgehead atoms. The highest BCUT2D eigenvalue weighted by molar-refractivity contribution is 7.14.